The average molecular weight is 466 g/mol. The van der Waals surface area contributed by atoms with Gasteiger partial charge in [0.2, 0.25) is 5.91 Å². The van der Waals surface area contributed by atoms with E-state index in [2.05, 4.69) is 50.0 Å². The van der Waals surface area contributed by atoms with E-state index in [0.29, 0.717) is 25.0 Å². The molecule has 1 atom stereocenters. The number of hydrogen-bond acceptors (Lipinski definition) is 8. The van der Waals surface area contributed by atoms with Gasteiger partial charge in [-0.25, -0.2) is 4.68 Å². The van der Waals surface area contributed by atoms with Crippen molar-refractivity contribution in [3.8, 4) is 0 Å². The number of aromatic nitrogens is 4. The summed E-state index contributed by atoms with van der Waals surface area (Å²) in [5.74, 6) is 0.350. The van der Waals surface area contributed by atoms with E-state index in [1.54, 1.807) is 0 Å². The van der Waals surface area contributed by atoms with E-state index >= 15 is 0 Å². The van der Waals surface area contributed by atoms with Gasteiger partial charge in [-0.05, 0) is 41.6 Å². The molecule has 1 aromatic carbocycles. The zero-order valence-corrected chi connectivity index (χ0v) is 19.0. The van der Waals surface area contributed by atoms with E-state index < -0.39 is 13.2 Å². The number of benzene rings is 1. The molecule has 12 heteroatoms. The molecule has 1 aliphatic heterocycles. The average Bonchev–Trinajstić information content (AvgIpc) is 3.21. The number of nitrogens with one attached hydrogen (secondary N) is 1. The lowest BCUT2D eigenvalue weighted by atomic mass is 9.83. The first-order chi connectivity index (χ1) is 15.0. The lowest BCUT2D eigenvalue weighted by molar-refractivity contribution is -0.123. The summed E-state index contributed by atoms with van der Waals surface area (Å²) in [7, 11) is -1.30. The van der Waals surface area contributed by atoms with E-state index in [1.165, 1.54) is 10.2 Å². The van der Waals surface area contributed by atoms with Gasteiger partial charge in [0.05, 0.1) is 6.04 Å². The van der Waals surface area contributed by atoms with Crippen LogP contribution in [0.2, 0.25) is 6.32 Å². The van der Waals surface area contributed by atoms with Crippen molar-refractivity contribution in [3.05, 3.63) is 41.7 Å². The van der Waals surface area contributed by atoms with Crippen LogP contribution in [0.3, 0.4) is 0 Å². The van der Waals surface area contributed by atoms with Gasteiger partial charge in [0, 0.05) is 25.7 Å². The summed E-state index contributed by atoms with van der Waals surface area (Å²) >= 11 is 0. The normalized spacial score (nSPS) is 15.7. The summed E-state index contributed by atoms with van der Waals surface area (Å²) in [6.07, 6.45) is 4.11. The number of carbonyl (C=O) groups excluding carboxylic acids is 1. The van der Waals surface area contributed by atoms with Crippen LogP contribution in [-0.4, -0.2) is 67.3 Å². The minimum atomic E-state index is -1.30. The van der Waals surface area contributed by atoms with Gasteiger partial charge in [0.15, 0.2) is 5.82 Å². The molecule has 3 rings (SSSR count). The van der Waals surface area contributed by atoms with Gasteiger partial charge in [-0.15, -0.1) is 17.5 Å². The Morgan fingerprint density at radius 3 is 2.62 bits per heavy atom. The van der Waals surface area contributed by atoms with Crippen LogP contribution < -0.4 is 11.1 Å². The van der Waals surface area contributed by atoms with Crippen LogP contribution in [0.4, 0.5) is 0 Å². The molecule has 1 unspecified atom stereocenters. The van der Waals surface area contributed by atoms with Crippen LogP contribution in [-0.2, 0) is 17.9 Å². The van der Waals surface area contributed by atoms with E-state index in [4.69, 9.17) is 15.8 Å². The second kappa shape index (κ2) is 13.5. The van der Waals surface area contributed by atoms with Crippen LogP contribution in [0.25, 0.3) is 0 Å². The Balaban J connectivity index is 0.00000363. The monoisotopic (exact) mass is 465 g/mol. The van der Waals surface area contributed by atoms with E-state index in [-0.39, 0.29) is 30.9 Å². The van der Waals surface area contributed by atoms with E-state index in [9.17, 15) is 4.79 Å². The summed E-state index contributed by atoms with van der Waals surface area (Å²) in [4.78, 5) is 14.9. The van der Waals surface area contributed by atoms with Crippen molar-refractivity contribution >= 4 is 25.4 Å². The zero-order chi connectivity index (χ0) is 22.1. The summed E-state index contributed by atoms with van der Waals surface area (Å²) in [6, 6.07) is 10.2. The van der Waals surface area contributed by atoms with Crippen molar-refractivity contribution in [2.75, 3.05) is 13.1 Å². The Morgan fingerprint density at radius 1 is 1.22 bits per heavy atom. The second-order valence-corrected chi connectivity index (χ2v) is 8.17. The number of carbonyl (C=O) groups is 1. The van der Waals surface area contributed by atoms with Crippen LogP contribution in [0.1, 0.15) is 49.5 Å². The van der Waals surface area contributed by atoms with Gasteiger partial charge in [-0.3, -0.25) is 9.69 Å². The Bertz CT molecular complexity index is 804. The highest BCUT2D eigenvalue weighted by Crippen LogP contribution is 2.16. The zero-order valence-electron chi connectivity index (χ0n) is 18.2. The van der Waals surface area contributed by atoms with Gasteiger partial charge in [-0.2, -0.15) is 0 Å². The van der Waals surface area contributed by atoms with Crippen molar-refractivity contribution in [1.29, 1.82) is 0 Å². The van der Waals surface area contributed by atoms with Crippen molar-refractivity contribution in [2.45, 2.75) is 63.6 Å². The molecule has 1 aliphatic rings. The van der Waals surface area contributed by atoms with E-state index in [1.807, 2.05) is 6.07 Å². The largest absolute Gasteiger partial charge is 0.451 e. The highest BCUT2D eigenvalue weighted by atomic mass is 35.5. The van der Waals surface area contributed by atoms with Gasteiger partial charge in [0.1, 0.15) is 6.54 Å². The number of halogens is 1. The lowest BCUT2D eigenvalue weighted by Crippen LogP contribution is -2.45. The van der Waals surface area contributed by atoms with E-state index in [0.717, 1.165) is 38.9 Å². The summed E-state index contributed by atoms with van der Waals surface area (Å²) in [5.41, 5.74) is 7.48. The van der Waals surface area contributed by atoms with Crippen LogP contribution >= 0.6 is 12.4 Å². The molecule has 0 bridgehead atoms. The van der Waals surface area contributed by atoms with Gasteiger partial charge < -0.3 is 21.1 Å². The van der Waals surface area contributed by atoms with Crippen molar-refractivity contribution < 1.29 is 14.8 Å². The van der Waals surface area contributed by atoms with Crippen LogP contribution in [0.15, 0.2) is 30.3 Å². The molecule has 0 saturated carbocycles. The number of nitrogens with zero attached hydrogens (tertiary/aromatic N) is 5. The molecule has 2 aromatic rings. The predicted octanol–water partition coefficient (Wildman–Crippen LogP) is 0.519. The first kappa shape index (κ1) is 26.2. The predicted molar refractivity (Wildman–Crippen MR) is 124 cm³/mol. The SMILES string of the molecule is Cl.NC(CCCCB(O)O)c1nnnn1CC(=O)NC1CCN(Cc2ccccc2)CC1. The molecule has 2 heterocycles. The molecule has 1 saturated heterocycles. The van der Waals surface area contributed by atoms with Crippen molar-refractivity contribution in [1.82, 2.24) is 30.4 Å². The fourth-order valence-electron chi connectivity index (χ4n) is 3.90. The topological polar surface area (TPSA) is 142 Å². The maximum absolute atomic E-state index is 12.5. The Morgan fingerprint density at radius 2 is 1.94 bits per heavy atom. The third kappa shape index (κ3) is 8.48. The molecular weight excluding hydrogens is 433 g/mol. The van der Waals surface area contributed by atoms with Gasteiger partial charge >= 0.3 is 7.12 Å². The minimum Gasteiger partial charge on any atom is -0.427 e. The smallest absolute Gasteiger partial charge is 0.427 e. The van der Waals surface area contributed by atoms with Crippen LogP contribution in [0.5, 0.6) is 0 Å². The molecule has 0 aliphatic carbocycles. The van der Waals surface area contributed by atoms with Crippen molar-refractivity contribution in [2.24, 2.45) is 5.73 Å². The summed E-state index contributed by atoms with van der Waals surface area (Å²) in [5, 5.41) is 32.4. The molecule has 32 heavy (non-hydrogen) atoms. The third-order valence-corrected chi connectivity index (χ3v) is 5.61. The number of likely N-dealkylation sites (tertiary alicyclic amines) is 1. The second-order valence-electron chi connectivity index (χ2n) is 8.17. The molecule has 1 fully saturated rings. The quantitative estimate of drug-likeness (QED) is 0.278. The fourth-order valence-corrected chi connectivity index (χ4v) is 3.90. The molecule has 0 spiro atoms. The molecule has 10 nitrogen and oxygen atoms in total. The van der Waals surface area contributed by atoms with Gasteiger partial charge in [0.25, 0.3) is 0 Å². The molecular formula is C20H33BClN7O3. The number of tetrazole rings is 1. The molecule has 1 aromatic heterocycles. The highest BCUT2D eigenvalue weighted by molar-refractivity contribution is 6.40. The first-order valence-electron chi connectivity index (χ1n) is 10.9. The highest BCUT2D eigenvalue weighted by Gasteiger charge is 2.22. The lowest BCUT2D eigenvalue weighted by Gasteiger charge is -2.32. The number of amides is 1. The van der Waals surface area contributed by atoms with Gasteiger partial charge in [-0.1, -0.05) is 43.2 Å². The maximum atomic E-state index is 12.5. The number of unbranched alkanes of at least 4 members (excludes halogenated alkanes) is 1. The Kier molecular flexibility index (Phi) is 11.0. The molecule has 0 radical (unpaired) electrons. The first-order valence-corrected chi connectivity index (χ1v) is 10.9. The summed E-state index contributed by atoms with van der Waals surface area (Å²) in [6.45, 7) is 2.87. The summed E-state index contributed by atoms with van der Waals surface area (Å²) < 4.78 is 1.45. The van der Waals surface area contributed by atoms with Crippen molar-refractivity contribution in [3.63, 3.8) is 0 Å². The fraction of sp³-hybridized carbons (Fsp3) is 0.600. The van der Waals surface area contributed by atoms with Crippen LogP contribution in [0, 0.1) is 0 Å². The Hall–Kier alpha value is -2.05. The number of hydrogen-bond donors (Lipinski definition) is 4. The Labute approximate surface area is 195 Å². The standard InChI is InChI=1S/C20H32BN7O3.ClH/c22-18(8-4-5-11-21(30)31)20-24-25-26-28(20)15-19(29)23-17-9-12-27(13-10-17)14-16-6-2-1-3-7-16;/h1-3,6-7,17-18,30-31H,4-5,8-15,22H2,(H,23,29);1H. The molecule has 1 amide bonds. The number of nitrogens with two attached hydrogens (primary N) is 1. The maximum Gasteiger partial charge on any atom is 0.451 e. The molecule has 176 valence electrons. The number of piperidine rings is 1. The third-order valence-electron chi connectivity index (χ3n) is 5.61. The minimum absolute atomic E-state index is 0. The molecule has 5 N–H and O–H groups in total. The number of rotatable bonds is 11.